The van der Waals surface area contributed by atoms with Gasteiger partial charge in [0.25, 0.3) is 0 Å². The Balaban J connectivity index is 1.83. The zero-order valence-corrected chi connectivity index (χ0v) is 10.8. The number of aromatic nitrogens is 2. The highest BCUT2D eigenvalue weighted by Crippen LogP contribution is 2.18. The van der Waals surface area contributed by atoms with Crippen molar-refractivity contribution in [2.75, 3.05) is 0 Å². The van der Waals surface area contributed by atoms with Crippen LogP contribution in [0, 0.1) is 11.8 Å². The van der Waals surface area contributed by atoms with Crippen LogP contribution in [0.2, 0.25) is 0 Å². The fourth-order valence-electron chi connectivity index (χ4n) is 1.87. The standard InChI is InChI=1S/C18H12N2/c1(2-16-7-11-19-12-8-16)15-3-5-17(6-4-15)18-9-13-20-14-10-18/h3-14H. The van der Waals surface area contributed by atoms with E-state index in [1.54, 1.807) is 24.8 Å². The average molecular weight is 256 g/mol. The van der Waals surface area contributed by atoms with E-state index < -0.39 is 0 Å². The van der Waals surface area contributed by atoms with Crippen LogP contribution in [0.25, 0.3) is 11.1 Å². The first-order chi connectivity index (χ1) is 9.92. The minimum atomic E-state index is 0.971. The van der Waals surface area contributed by atoms with Crippen LogP contribution in [0.15, 0.2) is 73.3 Å². The molecule has 0 atom stereocenters. The summed E-state index contributed by atoms with van der Waals surface area (Å²) < 4.78 is 0. The summed E-state index contributed by atoms with van der Waals surface area (Å²) in [5.74, 6) is 6.27. The molecule has 0 radical (unpaired) electrons. The van der Waals surface area contributed by atoms with Gasteiger partial charge in [-0.1, -0.05) is 24.0 Å². The summed E-state index contributed by atoms with van der Waals surface area (Å²) in [7, 11) is 0. The quantitative estimate of drug-likeness (QED) is 0.622. The summed E-state index contributed by atoms with van der Waals surface area (Å²) in [5, 5.41) is 0. The van der Waals surface area contributed by atoms with Crippen LogP contribution in [0.1, 0.15) is 11.1 Å². The van der Waals surface area contributed by atoms with Crippen molar-refractivity contribution in [3.63, 3.8) is 0 Å². The molecule has 2 heteroatoms. The van der Waals surface area contributed by atoms with E-state index in [9.17, 15) is 0 Å². The Kier molecular flexibility index (Phi) is 3.53. The van der Waals surface area contributed by atoms with Gasteiger partial charge in [-0.2, -0.15) is 0 Å². The largest absolute Gasteiger partial charge is 0.265 e. The van der Waals surface area contributed by atoms with Crippen LogP contribution >= 0.6 is 0 Å². The molecule has 2 heterocycles. The third kappa shape index (κ3) is 2.90. The van der Waals surface area contributed by atoms with Crippen molar-refractivity contribution in [3.8, 4) is 23.0 Å². The first kappa shape index (κ1) is 12.1. The first-order valence-corrected chi connectivity index (χ1v) is 6.34. The molecule has 0 saturated heterocycles. The molecule has 0 aliphatic rings. The molecule has 0 N–H and O–H groups in total. The van der Waals surface area contributed by atoms with Crippen LogP contribution in [-0.2, 0) is 0 Å². The van der Waals surface area contributed by atoms with E-state index in [4.69, 9.17) is 0 Å². The summed E-state index contributed by atoms with van der Waals surface area (Å²) in [5.41, 5.74) is 4.30. The highest BCUT2D eigenvalue weighted by Gasteiger charge is 1.95. The maximum Gasteiger partial charge on any atom is 0.0280 e. The summed E-state index contributed by atoms with van der Waals surface area (Å²) in [6.45, 7) is 0. The zero-order chi connectivity index (χ0) is 13.6. The molecule has 20 heavy (non-hydrogen) atoms. The predicted molar refractivity (Wildman–Crippen MR) is 79.9 cm³/mol. The Hall–Kier alpha value is -2.92. The van der Waals surface area contributed by atoms with E-state index in [-0.39, 0.29) is 0 Å². The fraction of sp³-hybridized carbons (Fsp3) is 0. The third-order valence-corrected chi connectivity index (χ3v) is 2.93. The van der Waals surface area contributed by atoms with E-state index in [0.29, 0.717) is 0 Å². The normalized spacial score (nSPS) is 9.60. The van der Waals surface area contributed by atoms with Crippen molar-refractivity contribution < 1.29 is 0 Å². The maximum atomic E-state index is 4.02. The molecule has 0 amide bonds. The number of hydrogen-bond acceptors (Lipinski definition) is 2. The lowest BCUT2D eigenvalue weighted by atomic mass is 10.1. The topological polar surface area (TPSA) is 25.8 Å². The molecule has 2 nitrogen and oxygen atoms in total. The number of hydrogen-bond donors (Lipinski definition) is 0. The Bertz CT molecular complexity index is 736. The van der Waals surface area contributed by atoms with Gasteiger partial charge in [-0.15, -0.1) is 0 Å². The Morgan fingerprint density at radius 2 is 0.950 bits per heavy atom. The van der Waals surface area contributed by atoms with Crippen LogP contribution < -0.4 is 0 Å². The van der Waals surface area contributed by atoms with E-state index >= 15 is 0 Å². The number of benzene rings is 1. The lowest BCUT2D eigenvalue weighted by molar-refractivity contribution is 1.32. The first-order valence-electron chi connectivity index (χ1n) is 6.34. The van der Waals surface area contributed by atoms with Crippen molar-refractivity contribution in [1.82, 2.24) is 9.97 Å². The smallest absolute Gasteiger partial charge is 0.0280 e. The van der Waals surface area contributed by atoms with Gasteiger partial charge in [-0.05, 0) is 47.5 Å². The Morgan fingerprint density at radius 3 is 1.55 bits per heavy atom. The number of pyridine rings is 2. The van der Waals surface area contributed by atoms with Crippen molar-refractivity contribution >= 4 is 0 Å². The summed E-state index contributed by atoms with van der Waals surface area (Å²) in [6.07, 6.45) is 7.09. The van der Waals surface area contributed by atoms with Crippen LogP contribution in [-0.4, -0.2) is 9.97 Å². The van der Waals surface area contributed by atoms with Gasteiger partial charge in [-0.3, -0.25) is 9.97 Å². The summed E-state index contributed by atoms with van der Waals surface area (Å²) in [6, 6.07) is 16.0. The molecule has 0 fully saturated rings. The maximum absolute atomic E-state index is 4.02. The molecular formula is C18H12N2. The second-order valence-electron chi connectivity index (χ2n) is 4.30. The van der Waals surface area contributed by atoms with Crippen LogP contribution in [0.4, 0.5) is 0 Å². The minimum Gasteiger partial charge on any atom is -0.265 e. The highest BCUT2D eigenvalue weighted by atomic mass is 14.6. The molecule has 0 aliphatic heterocycles. The van der Waals surface area contributed by atoms with Crippen LogP contribution in [0.3, 0.4) is 0 Å². The molecule has 3 rings (SSSR count). The Morgan fingerprint density at radius 1 is 0.500 bits per heavy atom. The predicted octanol–water partition coefficient (Wildman–Crippen LogP) is 3.54. The van der Waals surface area contributed by atoms with Crippen LogP contribution in [0.5, 0.6) is 0 Å². The SMILES string of the molecule is C(#Cc1ccc(-c2ccncc2)cc1)c1ccncc1. The number of nitrogens with zero attached hydrogens (tertiary/aromatic N) is 2. The summed E-state index contributed by atoms with van der Waals surface area (Å²) in [4.78, 5) is 8.00. The third-order valence-electron chi connectivity index (χ3n) is 2.93. The van der Waals surface area contributed by atoms with Gasteiger partial charge in [0.05, 0.1) is 0 Å². The molecule has 0 aliphatic carbocycles. The van der Waals surface area contributed by atoms with Crippen molar-refractivity contribution in [2.24, 2.45) is 0 Å². The van der Waals surface area contributed by atoms with Crippen molar-refractivity contribution in [2.45, 2.75) is 0 Å². The average Bonchev–Trinajstić information content (AvgIpc) is 2.55. The van der Waals surface area contributed by atoms with Gasteiger partial charge >= 0.3 is 0 Å². The minimum absolute atomic E-state index is 0.971. The van der Waals surface area contributed by atoms with E-state index in [1.807, 2.05) is 36.4 Å². The lowest BCUT2D eigenvalue weighted by Crippen LogP contribution is -1.80. The Labute approximate surface area is 118 Å². The van der Waals surface area contributed by atoms with E-state index in [2.05, 4.69) is 33.9 Å². The van der Waals surface area contributed by atoms with Gasteiger partial charge in [-0.25, -0.2) is 0 Å². The molecule has 3 aromatic rings. The molecule has 0 saturated carbocycles. The second-order valence-corrected chi connectivity index (χ2v) is 4.30. The van der Waals surface area contributed by atoms with Gasteiger partial charge in [0, 0.05) is 35.9 Å². The van der Waals surface area contributed by atoms with E-state index in [0.717, 1.165) is 16.7 Å². The van der Waals surface area contributed by atoms with Gasteiger partial charge < -0.3 is 0 Å². The van der Waals surface area contributed by atoms with E-state index in [1.165, 1.54) is 5.56 Å². The highest BCUT2D eigenvalue weighted by molar-refractivity contribution is 5.63. The van der Waals surface area contributed by atoms with Crippen molar-refractivity contribution in [3.05, 3.63) is 84.4 Å². The molecule has 94 valence electrons. The molecule has 0 unspecified atom stereocenters. The van der Waals surface area contributed by atoms with Gasteiger partial charge in [0.2, 0.25) is 0 Å². The molecule has 1 aromatic carbocycles. The van der Waals surface area contributed by atoms with Crippen molar-refractivity contribution in [1.29, 1.82) is 0 Å². The molecule has 2 aromatic heterocycles. The molecular weight excluding hydrogens is 244 g/mol. The zero-order valence-electron chi connectivity index (χ0n) is 10.8. The monoisotopic (exact) mass is 256 g/mol. The second kappa shape index (κ2) is 5.81. The molecule has 0 bridgehead atoms. The summed E-state index contributed by atoms with van der Waals surface area (Å²) >= 11 is 0. The lowest BCUT2D eigenvalue weighted by Gasteiger charge is -2.00. The number of rotatable bonds is 1. The van der Waals surface area contributed by atoms with Gasteiger partial charge in [0.1, 0.15) is 0 Å². The van der Waals surface area contributed by atoms with Gasteiger partial charge in [0.15, 0.2) is 0 Å². The fourth-order valence-corrected chi connectivity index (χ4v) is 1.87. The molecule has 0 spiro atoms.